The van der Waals surface area contributed by atoms with Crippen molar-refractivity contribution in [3.63, 3.8) is 0 Å². The molecule has 0 amide bonds. The highest BCUT2D eigenvalue weighted by Gasteiger charge is 2.16. The van der Waals surface area contributed by atoms with Crippen LogP contribution < -0.4 is 4.74 Å². The van der Waals surface area contributed by atoms with Crippen molar-refractivity contribution in [2.24, 2.45) is 0 Å². The highest BCUT2D eigenvalue weighted by atomic mass is 16.6. The minimum Gasteiger partial charge on any atom is -0.482 e. The molecule has 0 unspecified atom stereocenters. The van der Waals surface area contributed by atoms with Gasteiger partial charge in [0, 0.05) is 0 Å². The fourth-order valence-corrected chi connectivity index (χ4v) is 4.78. The zero-order chi connectivity index (χ0) is 30.1. The van der Waals surface area contributed by atoms with Crippen LogP contribution >= 0.6 is 0 Å². The van der Waals surface area contributed by atoms with Crippen LogP contribution in [0.25, 0.3) is 44.8 Å². The molecule has 0 N–H and O–H groups in total. The molecule has 0 radical (unpaired) electrons. The fraction of sp³-hybridized carbons (Fsp3) is 0.125. The van der Waals surface area contributed by atoms with E-state index < -0.39 is 5.60 Å². The number of ether oxygens (including phenoxy) is 2. The quantitative estimate of drug-likeness (QED) is 0.115. The average Bonchev–Trinajstić information content (AvgIpc) is 3.02. The van der Waals surface area contributed by atoms with E-state index in [1.165, 1.54) is 38.2 Å². The Morgan fingerprint density at radius 2 is 1.14 bits per heavy atom. The van der Waals surface area contributed by atoms with Gasteiger partial charge in [-0.05, 0) is 88.8 Å². The van der Waals surface area contributed by atoms with E-state index in [1.807, 2.05) is 81.4 Å². The summed E-state index contributed by atoms with van der Waals surface area (Å²) in [7, 11) is 0. The molecule has 0 bridgehead atoms. The van der Waals surface area contributed by atoms with Crippen LogP contribution in [0.1, 0.15) is 31.9 Å². The molecule has 3 nitrogen and oxygen atoms in total. The summed E-state index contributed by atoms with van der Waals surface area (Å²) in [5, 5.41) is 4.90. The number of carbonyl (C=O) groups excluding carboxylic acids is 1. The molecule has 0 saturated carbocycles. The Morgan fingerprint density at radius 3 is 1.72 bits per heavy atom. The molecule has 0 aliphatic heterocycles. The molecule has 0 aromatic heterocycles. The normalized spacial score (nSPS) is 11.2. The minimum atomic E-state index is -0.511. The van der Waals surface area contributed by atoms with Gasteiger partial charge in [-0.15, -0.1) is 0 Å². The molecule has 0 aliphatic rings. The van der Waals surface area contributed by atoms with Crippen molar-refractivity contribution in [3.8, 4) is 16.9 Å². The molecule has 43 heavy (non-hydrogen) atoms. The van der Waals surface area contributed by atoms with Crippen LogP contribution in [0.3, 0.4) is 0 Å². The topological polar surface area (TPSA) is 35.5 Å². The van der Waals surface area contributed by atoms with Crippen LogP contribution in [0, 0.1) is 0 Å². The lowest BCUT2D eigenvalue weighted by Crippen LogP contribution is -2.27. The van der Waals surface area contributed by atoms with Gasteiger partial charge in [-0.3, -0.25) is 0 Å². The van der Waals surface area contributed by atoms with Gasteiger partial charge in [-0.25, -0.2) is 4.79 Å². The van der Waals surface area contributed by atoms with Crippen LogP contribution in [0.4, 0.5) is 0 Å². The van der Waals surface area contributed by atoms with E-state index in [0.717, 1.165) is 5.56 Å². The third-order valence-electron chi connectivity index (χ3n) is 6.76. The number of carbonyl (C=O) groups is 1. The minimum absolute atomic E-state index is 0.100. The van der Waals surface area contributed by atoms with E-state index in [9.17, 15) is 4.79 Å². The molecule has 0 spiro atoms. The third-order valence-corrected chi connectivity index (χ3v) is 6.76. The van der Waals surface area contributed by atoms with Gasteiger partial charge >= 0.3 is 5.97 Å². The van der Waals surface area contributed by atoms with Crippen LogP contribution in [-0.2, 0) is 9.53 Å². The first-order chi connectivity index (χ1) is 20.8. The zero-order valence-electron chi connectivity index (χ0n) is 24.9. The largest absolute Gasteiger partial charge is 0.482 e. The lowest BCUT2D eigenvalue weighted by molar-refractivity contribution is -0.157. The Bertz CT molecular complexity index is 1770. The molecule has 214 valence electrons. The van der Waals surface area contributed by atoms with Crippen molar-refractivity contribution in [2.75, 3.05) is 6.61 Å². The predicted molar refractivity (Wildman–Crippen MR) is 180 cm³/mol. The number of esters is 1. The molecular formula is C40H36O3. The fourth-order valence-electron chi connectivity index (χ4n) is 4.78. The average molecular weight is 565 g/mol. The predicted octanol–water partition coefficient (Wildman–Crippen LogP) is 10.2. The summed E-state index contributed by atoms with van der Waals surface area (Å²) < 4.78 is 10.8. The van der Waals surface area contributed by atoms with Gasteiger partial charge in [0.05, 0.1) is 0 Å². The molecule has 0 atom stereocenters. The van der Waals surface area contributed by atoms with Crippen LogP contribution in [-0.4, -0.2) is 18.2 Å². The molecule has 6 rings (SSSR count). The van der Waals surface area contributed by atoms with E-state index in [1.54, 1.807) is 0 Å². The first-order valence-electron chi connectivity index (χ1n) is 14.5. The van der Waals surface area contributed by atoms with Gasteiger partial charge in [-0.2, -0.15) is 0 Å². The summed E-state index contributed by atoms with van der Waals surface area (Å²) in [5.41, 5.74) is 4.23. The highest BCUT2D eigenvalue weighted by Crippen LogP contribution is 2.32. The van der Waals surface area contributed by atoms with Gasteiger partial charge < -0.3 is 9.47 Å². The van der Waals surface area contributed by atoms with Crippen molar-refractivity contribution in [2.45, 2.75) is 26.4 Å². The Balaban J connectivity index is 0.000000220. The van der Waals surface area contributed by atoms with E-state index in [4.69, 9.17) is 9.47 Å². The number of rotatable bonds is 6. The maximum atomic E-state index is 11.8. The highest BCUT2D eigenvalue weighted by molar-refractivity contribution is 6.04. The summed E-state index contributed by atoms with van der Waals surface area (Å²) >= 11 is 0. The standard InChI is InChI=1S/C26H24O3.C14H12/c1-26(2,3)29-25(27)17-28-22-13-11-18(12-14-22)23-10-6-9-21-15-19-7-4-5-8-20(19)16-24(21)23;1-3-7-13(8-4-1)11-12-14-9-5-2-6-10-14/h4-16H,17H2,1-3H3;1-12H. The maximum absolute atomic E-state index is 11.8. The van der Waals surface area contributed by atoms with Gasteiger partial charge in [0.25, 0.3) is 0 Å². The van der Waals surface area contributed by atoms with E-state index >= 15 is 0 Å². The Labute approximate surface area is 254 Å². The van der Waals surface area contributed by atoms with Crippen LogP contribution in [0.15, 0.2) is 140 Å². The third kappa shape index (κ3) is 8.43. The molecule has 3 heteroatoms. The maximum Gasteiger partial charge on any atom is 0.344 e. The number of hydrogen-bond donors (Lipinski definition) is 0. The van der Waals surface area contributed by atoms with Gasteiger partial charge in [0.1, 0.15) is 11.4 Å². The number of benzene rings is 6. The molecule has 0 heterocycles. The second kappa shape index (κ2) is 13.7. The summed E-state index contributed by atoms with van der Waals surface area (Å²) in [5.74, 6) is 0.271. The lowest BCUT2D eigenvalue weighted by Gasteiger charge is -2.19. The number of fused-ring (bicyclic) bond motifs is 2. The van der Waals surface area contributed by atoms with Gasteiger partial charge in [-0.1, -0.05) is 127 Å². The molecule has 6 aromatic carbocycles. The molecule has 0 saturated heterocycles. The van der Waals surface area contributed by atoms with E-state index in [2.05, 4.69) is 91.0 Å². The van der Waals surface area contributed by atoms with Crippen LogP contribution in [0.5, 0.6) is 5.75 Å². The molecule has 6 aromatic rings. The van der Waals surface area contributed by atoms with E-state index in [0.29, 0.717) is 5.75 Å². The van der Waals surface area contributed by atoms with Crippen molar-refractivity contribution in [3.05, 3.63) is 151 Å². The first kappa shape index (κ1) is 29.3. The second-order valence-electron chi connectivity index (χ2n) is 11.3. The van der Waals surface area contributed by atoms with Gasteiger partial charge in [0.2, 0.25) is 0 Å². The van der Waals surface area contributed by atoms with Crippen LogP contribution in [0.2, 0.25) is 0 Å². The lowest BCUT2D eigenvalue weighted by atomic mass is 9.95. The Kier molecular flexibility index (Phi) is 9.33. The summed E-state index contributed by atoms with van der Waals surface area (Å²) in [6.45, 7) is 5.42. The van der Waals surface area contributed by atoms with Crippen molar-refractivity contribution in [1.29, 1.82) is 0 Å². The smallest absolute Gasteiger partial charge is 0.344 e. The summed E-state index contributed by atoms with van der Waals surface area (Å²) in [6.07, 6.45) is 4.24. The van der Waals surface area contributed by atoms with Gasteiger partial charge in [0.15, 0.2) is 6.61 Å². The molecule has 0 aliphatic carbocycles. The van der Waals surface area contributed by atoms with Crippen molar-refractivity contribution < 1.29 is 14.3 Å². The summed E-state index contributed by atoms with van der Waals surface area (Å²) in [4.78, 5) is 11.8. The van der Waals surface area contributed by atoms with Crippen molar-refractivity contribution in [1.82, 2.24) is 0 Å². The zero-order valence-corrected chi connectivity index (χ0v) is 24.9. The summed E-state index contributed by atoms with van der Waals surface area (Å²) in [6, 6.07) is 47.7. The second-order valence-corrected chi connectivity index (χ2v) is 11.3. The van der Waals surface area contributed by atoms with E-state index in [-0.39, 0.29) is 12.6 Å². The first-order valence-corrected chi connectivity index (χ1v) is 14.5. The molecular weight excluding hydrogens is 528 g/mol. The Hall–Kier alpha value is -5.15. The monoisotopic (exact) mass is 564 g/mol. The molecule has 0 fully saturated rings. The Morgan fingerprint density at radius 1 is 0.605 bits per heavy atom. The number of hydrogen-bond acceptors (Lipinski definition) is 3. The van der Waals surface area contributed by atoms with Crippen molar-refractivity contribution >= 4 is 39.7 Å². The SMILES string of the molecule is C(=Cc1ccccc1)c1ccccc1.CC(C)(C)OC(=O)COc1ccc(-c2cccc3cc4ccccc4cc23)cc1.